The predicted molar refractivity (Wildman–Crippen MR) is 154 cm³/mol. The van der Waals surface area contributed by atoms with Crippen molar-refractivity contribution in [1.29, 1.82) is 0 Å². The normalized spacial score (nSPS) is 10.2. The van der Waals surface area contributed by atoms with E-state index in [9.17, 15) is 9.59 Å². The van der Waals surface area contributed by atoms with Crippen LogP contribution in [-0.2, 0) is 0 Å². The molecule has 0 bridgehead atoms. The van der Waals surface area contributed by atoms with Crippen molar-refractivity contribution in [1.82, 2.24) is 0 Å². The fraction of sp³-hybridized carbons (Fsp3) is 0.0303. The first-order valence-electron chi connectivity index (χ1n) is 12.0. The third kappa shape index (κ3) is 7.18. The first-order chi connectivity index (χ1) is 17.7. The van der Waals surface area contributed by atoms with Gasteiger partial charge in [0.15, 0.2) is 6.42 Å². The number of rotatable bonds is 7. The average molecular weight is 665 g/mol. The summed E-state index contributed by atoms with van der Waals surface area (Å²) in [7, 11) is 0. The minimum absolute atomic E-state index is 0.147. The summed E-state index contributed by atoms with van der Waals surface area (Å²) in [6.45, 7) is 0. The number of benzene rings is 5. The van der Waals surface area contributed by atoms with Gasteiger partial charge in [0.05, 0.1) is 11.1 Å². The van der Waals surface area contributed by atoms with Gasteiger partial charge in [0, 0.05) is 0 Å². The molecule has 0 saturated carbocycles. The molecule has 2 N–H and O–H groups in total. The SMILES string of the molecule is [OH+]=C(CC(=[OH+])c1ccccc1)c1ccccc1.c1cc[c]([Pb]([c]2ccccc2)[c]2ccccc2)cc1. The average Bonchev–Trinajstić information content (AvgIpc) is 2.96. The monoisotopic (exact) mass is 665 g/mol. The Balaban J connectivity index is 0.000000170. The second kappa shape index (κ2) is 13.5. The van der Waals surface area contributed by atoms with E-state index in [1.54, 1.807) is 9.37 Å². The summed E-state index contributed by atoms with van der Waals surface area (Å²) < 4.78 is 4.64. The summed E-state index contributed by atoms with van der Waals surface area (Å²) >= 11 is -2.17. The Hall–Kier alpha value is -3.64. The van der Waals surface area contributed by atoms with Crippen molar-refractivity contribution < 1.29 is 9.59 Å². The Kier molecular flexibility index (Phi) is 9.51. The maximum atomic E-state index is 9.89. The molecule has 0 unspecified atom stereocenters. The molecule has 0 saturated heterocycles. The van der Waals surface area contributed by atoms with Gasteiger partial charge in [0.2, 0.25) is 0 Å². The van der Waals surface area contributed by atoms with Gasteiger partial charge in [-0.1, -0.05) is 36.4 Å². The van der Waals surface area contributed by atoms with Gasteiger partial charge >= 0.3 is 135 Å². The van der Waals surface area contributed by atoms with Crippen molar-refractivity contribution in [2.45, 2.75) is 6.42 Å². The number of carbonyl (C=O) groups excluding carboxylic acids is 2. The van der Waals surface area contributed by atoms with Crippen LogP contribution in [0.3, 0.4) is 0 Å². The third-order valence-corrected chi connectivity index (χ3v) is 16.4. The molecule has 1 radical (unpaired) electrons. The van der Waals surface area contributed by atoms with Gasteiger partial charge in [-0.25, -0.2) is 0 Å². The van der Waals surface area contributed by atoms with Crippen LogP contribution in [0.2, 0.25) is 0 Å². The van der Waals surface area contributed by atoms with Crippen molar-refractivity contribution in [3.8, 4) is 0 Å². The van der Waals surface area contributed by atoms with E-state index in [4.69, 9.17) is 0 Å². The number of hydrogen-bond donors (Lipinski definition) is 0. The van der Waals surface area contributed by atoms with Gasteiger partial charge in [-0.3, -0.25) is 9.59 Å². The summed E-state index contributed by atoms with van der Waals surface area (Å²) in [5.74, 6) is 0.346. The molecular formula is C33H29O2Pb+2. The molecule has 0 aliphatic heterocycles. The van der Waals surface area contributed by atoms with E-state index in [0.29, 0.717) is 0 Å². The van der Waals surface area contributed by atoms with Gasteiger partial charge in [0.25, 0.3) is 0 Å². The predicted octanol–water partition coefficient (Wildman–Crippen LogP) is 4.77. The van der Waals surface area contributed by atoms with Gasteiger partial charge in [-0.2, -0.15) is 0 Å². The quantitative estimate of drug-likeness (QED) is 0.104. The zero-order valence-electron chi connectivity index (χ0n) is 20.0. The zero-order valence-corrected chi connectivity index (χ0v) is 23.9. The maximum absolute atomic E-state index is 9.89. The van der Waals surface area contributed by atoms with E-state index >= 15 is 0 Å². The molecule has 175 valence electrons. The van der Waals surface area contributed by atoms with E-state index in [1.165, 1.54) is 0 Å². The molecule has 0 fully saturated rings. The van der Waals surface area contributed by atoms with E-state index in [0.717, 1.165) is 11.1 Å². The molecule has 3 heteroatoms. The molecule has 5 rings (SSSR count). The summed E-state index contributed by atoms with van der Waals surface area (Å²) in [5.41, 5.74) is 1.46. The standard InChI is InChI=1S/C15H12O2.3C6H5.Pb/c16-14(12-7-3-1-4-8-12)11-15(17)13-9-5-2-6-10-13;3*1-2-4-6-5-3-1;/h1-10H,11H2;3*1-5H;/p+2. The molecule has 0 atom stereocenters. The molecule has 0 heterocycles. The Labute approximate surface area is 221 Å². The van der Waals surface area contributed by atoms with Crippen molar-refractivity contribution >= 4 is 43.6 Å². The molecular weight excluding hydrogens is 636 g/mol. The van der Waals surface area contributed by atoms with Crippen LogP contribution in [0.25, 0.3) is 0 Å². The molecule has 5 aromatic carbocycles. The van der Waals surface area contributed by atoms with E-state index in [2.05, 4.69) is 91.0 Å². The van der Waals surface area contributed by atoms with Crippen LogP contribution in [0.1, 0.15) is 17.5 Å². The summed E-state index contributed by atoms with van der Waals surface area (Å²) in [6.07, 6.45) is 0.147. The first-order valence-corrected chi connectivity index (χ1v) is 17.8. The second-order valence-corrected chi connectivity index (χ2v) is 17.9. The van der Waals surface area contributed by atoms with Crippen LogP contribution in [-0.4, -0.2) is 43.9 Å². The molecule has 5 aromatic rings. The molecule has 0 aliphatic rings. The van der Waals surface area contributed by atoms with Crippen LogP contribution < -0.4 is 9.37 Å². The molecule has 0 amide bonds. The van der Waals surface area contributed by atoms with Crippen LogP contribution in [0.5, 0.6) is 0 Å². The number of hydrogen-bond acceptors (Lipinski definition) is 0. The Morgan fingerprint density at radius 1 is 0.389 bits per heavy atom. The summed E-state index contributed by atoms with van der Waals surface area (Å²) in [5, 5.41) is 0. The third-order valence-electron chi connectivity index (χ3n) is 5.74. The van der Waals surface area contributed by atoms with Crippen LogP contribution >= 0.6 is 0 Å². The summed E-state index contributed by atoms with van der Waals surface area (Å²) in [4.78, 5) is 19.8. The van der Waals surface area contributed by atoms with Crippen LogP contribution in [0.4, 0.5) is 0 Å². The molecule has 0 spiro atoms. The van der Waals surface area contributed by atoms with E-state index in [-0.39, 0.29) is 18.0 Å². The molecule has 2 nitrogen and oxygen atoms in total. The van der Waals surface area contributed by atoms with Crippen molar-refractivity contribution in [3.05, 3.63) is 163 Å². The van der Waals surface area contributed by atoms with Gasteiger partial charge in [-0.15, -0.1) is 0 Å². The second-order valence-electron chi connectivity index (χ2n) is 8.28. The van der Waals surface area contributed by atoms with Gasteiger partial charge in [-0.05, 0) is 24.3 Å². The van der Waals surface area contributed by atoms with E-state index < -0.39 is 22.7 Å². The topological polar surface area (TPSA) is 42.8 Å². The Morgan fingerprint density at radius 3 is 0.917 bits per heavy atom. The van der Waals surface area contributed by atoms with Crippen molar-refractivity contribution in [3.63, 3.8) is 0 Å². The Morgan fingerprint density at radius 2 is 0.639 bits per heavy atom. The van der Waals surface area contributed by atoms with Gasteiger partial charge in [0.1, 0.15) is 0 Å². The van der Waals surface area contributed by atoms with Crippen LogP contribution in [0.15, 0.2) is 152 Å². The molecule has 36 heavy (non-hydrogen) atoms. The van der Waals surface area contributed by atoms with E-state index in [1.807, 2.05) is 60.7 Å². The minimum atomic E-state index is -2.17. The molecule has 0 aliphatic carbocycles. The summed E-state index contributed by atoms with van der Waals surface area (Å²) in [6, 6.07) is 51.4. The number of ketones is 2. The van der Waals surface area contributed by atoms with Crippen LogP contribution in [0, 0.1) is 0 Å². The molecule has 0 aromatic heterocycles. The fourth-order valence-electron chi connectivity index (χ4n) is 3.94. The van der Waals surface area contributed by atoms with Crippen molar-refractivity contribution in [2.24, 2.45) is 0 Å². The Bertz CT molecular complexity index is 1210. The fourth-order valence-corrected chi connectivity index (χ4v) is 14.0. The van der Waals surface area contributed by atoms with Gasteiger partial charge < -0.3 is 0 Å². The first kappa shape index (κ1) is 25.5. The zero-order chi connectivity index (χ0) is 25.0. The van der Waals surface area contributed by atoms with Crippen molar-refractivity contribution in [2.75, 3.05) is 0 Å².